The summed E-state index contributed by atoms with van der Waals surface area (Å²) in [5.74, 6) is 2.36. The van der Waals surface area contributed by atoms with Crippen molar-refractivity contribution >= 4 is 5.82 Å². The Balaban J connectivity index is 2.06. The van der Waals surface area contributed by atoms with Crippen LogP contribution in [0.3, 0.4) is 0 Å². The number of hydrogen-bond acceptors (Lipinski definition) is 2. The van der Waals surface area contributed by atoms with Gasteiger partial charge in [0.25, 0.3) is 0 Å². The molecule has 1 aliphatic carbocycles. The molecule has 2 unspecified atom stereocenters. The zero-order valence-electron chi connectivity index (χ0n) is 12.4. The maximum atomic E-state index is 9.15. The number of nitrogen functional groups attached to an aromatic ring is 1. The van der Waals surface area contributed by atoms with Crippen LogP contribution in [-0.4, -0.2) is 4.57 Å². The molecule has 104 valence electrons. The third-order valence-corrected chi connectivity index (χ3v) is 4.79. The van der Waals surface area contributed by atoms with Gasteiger partial charge in [-0.2, -0.15) is 5.26 Å². The van der Waals surface area contributed by atoms with Crippen molar-refractivity contribution in [1.29, 1.82) is 5.26 Å². The molecule has 1 aromatic rings. The summed E-state index contributed by atoms with van der Waals surface area (Å²) in [6.45, 7) is 7.37. The molecule has 0 spiro atoms. The van der Waals surface area contributed by atoms with Crippen LogP contribution in [0.1, 0.15) is 55.8 Å². The second-order valence-corrected chi connectivity index (χ2v) is 6.16. The summed E-state index contributed by atoms with van der Waals surface area (Å²) in [7, 11) is 0. The van der Waals surface area contributed by atoms with E-state index in [0.717, 1.165) is 29.6 Å². The Bertz CT molecular complexity index is 493. The Morgan fingerprint density at radius 2 is 2.11 bits per heavy atom. The van der Waals surface area contributed by atoms with Gasteiger partial charge in [-0.05, 0) is 44.1 Å². The monoisotopic (exact) mass is 259 g/mol. The molecule has 0 amide bonds. The summed E-state index contributed by atoms with van der Waals surface area (Å²) in [6.07, 6.45) is 6.65. The van der Waals surface area contributed by atoms with Crippen LogP contribution in [0.4, 0.5) is 5.82 Å². The predicted molar refractivity (Wildman–Crippen MR) is 78.8 cm³/mol. The van der Waals surface area contributed by atoms with Crippen LogP contribution < -0.4 is 5.73 Å². The Kier molecular flexibility index (Phi) is 4.19. The first-order valence-corrected chi connectivity index (χ1v) is 7.39. The van der Waals surface area contributed by atoms with Gasteiger partial charge in [0.15, 0.2) is 0 Å². The van der Waals surface area contributed by atoms with E-state index in [1.54, 1.807) is 0 Å². The van der Waals surface area contributed by atoms with Crippen LogP contribution >= 0.6 is 0 Å². The molecule has 3 nitrogen and oxygen atoms in total. The molecule has 3 heteroatoms. The fraction of sp³-hybridized carbons (Fsp3) is 0.688. The summed E-state index contributed by atoms with van der Waals surface area (Å²) in [4.78, 5) is 0. The van der Waals surface area contributed by atoms with E-state index in [4.69, 9.17) is 11.0 Å². The lowest BCUT2D eigenvalue weighted by Gasteiger charge is -2.27. The Morgan fingerprint density at radius 1 is 1.37 bits per heavy atom. The molecule has 1 heterocycles. The molecule has 1 aliphatic rings. The van der Waals surface area contributed by atoms with E-state index in [9.17, 15) is 0 Å². The SMILES string of the molecule is Cc1c(C#N)c(N)n(CCC2CCCC(C)C2)c1C. The van der Waals surface area contributed by atoms with Crippen LogP contribution in [0.5, 0.6) is 0 Å². The average Bonchev–Trinajstić information content (AvgIpc) is 2.58. The number of rotatable bonds is 3. The largest absolute Gasteiger partial charge is 0.384 e. The quantitative estimate of drug-likeness (QED) is 0.898. The molecule has 0 radical (unpaired) electrons. The van der Waals surface area contributed by atoms with Gasteiger partial charge in [0, 0.05) is 12.2 Å². The fourth-order valence-electron chi connectivity index (χ4n) is 3.45. The van der Waals surface area contributed by atoms with Crippen molar-refractivity contribution in [3.8, 4) is 6.07 Å². The molecule has 2 rings (SSSR count). The van der Waals surface area contributed by atoms with Gasteiger partial charge >= 0.3 is 0 Å². The second kappa shape index (κ2) is 5.69. The minimum absolute atomic E-state index is 0.654. The second-order valence-electron chi connectivity index (χ2n) is 6.16. The normalized spacial score (nSPS) is 23.3. The first kappa shape index (κ1) is 14.0. The maximum absolute atomic E-state index is 9.15. The van der Waals surface area contributed by atoms with Gasteiger partial charge in [-0.25, -0.2) is 0 Å². The highest BCUT2D eigenvalue weighted by Gasteiger charge is 2.20. The minimum atomic E-state index is 0.654. The Labute approximate surface area is 116 Å². The summed E-state index contributed by atoms with van der Waals surface area (Å²) in [5, 5.41) is 9.15. The van der Waals surface area contributed by atoms with Crippen molar-refractivity contribution < 1.29 is 0 Å². The summed E-state index contributed by atoms with van der Waals surface area (Å²) >= 11 is 0. The molecule has 0 aliphatic heterocycles. The van der Waals surface area contributed by atoms with Crippen molar-refractivity contribution in [2.75, 3.05) is 5.73 Å². The molecule has 0 bridgehead atoms. The highest BCUT2D eigenvalue weighted by atomic mass is 15.1. The van der Waals surface area contributed by atoms with Crippen LogP contribution in [0.15, 0.2) is 0 Å². The molecule has 2 N–H and O–H groups in total. The number of aromatic nitrogens is 1. The standard InChI is InChI=1S/C16H25N3/c1-11-5-4-6-14(9-11)7-8-19-13(3)12(2)15(10-17)16(19)18/h11,14H,4-9,18H2,1-3H3. The van der Waals surface area contributed by atoms with E-state index in [0.29, 0.717) is 11.4 Å². The molecule has 1 aromatic heterocycles. The lowest BCUT2D eigenvalue weighted by Crippen LogP contribution is -2.16. The third kappa shape index (κ3) is 2.78. The maximum Gasteiger partial charge on any atom is 0.122 e. The first-order chi connectivity index (χ1) is 9.04. The Hall–Kier alpha value is -1.43. The van der Waals surface area contributed by atoms with Gasteiger partial charge in [-0.1, -0.05) is 26.2 Å². The van der Waals surface area contributed by atoms with Gasteiger partial charge in [-0.15, -0.1) is 0 Å². The molecule has 0 saturated heterocycles. The summed E-state index contributed by atoms with van der Waals surface area (Å²) < 4.78 is 2.13. The molecule has 1 saturated carbocycles. The molecule has 19 heavy (non-hydrogen) atoms. The molecule has 0 aromatic carbocycles. The zero-order chi connectivity index (χ0) is 14.0. The van der Waals surface area contributed by atoms with Crippen molar-refractivity contribution in [2.24, 2.45) is 11.8 Å². The summed E-state index contributed by atoms with van der Waals surface area (Å²) in [5.41, 5.74) is 8.95. The number of hydrogen-bond donors (Lipinski definition) is 1. The Morgan fingerprint density at radius 3 is 2.68 bits per heavy atom. The van der Waals surface area contributed by atoms with Crippen LogP contribution in [0.25, 0.3) is 0 Å². The van der Waals surface area contributed by atoms with Gasteiger partial charge in [0.2, 0.25) is 0 Å². The van der Waals surface area contributed by atoms with Gasteiger partial charge in [-0.3, -0.25) is 0 Å². The van der Waals surface area contributed by atoms with Gasteiger partial charge in [0.1, 0.15) is 11.9 Å². The minimum Gasteiger partial charge on any atom is -0.384 e. The van der Waals surface area contributed by atoms with Crippen molar-refractivity contribution in [3.05, 3.63) is 16.8 Å². The van der Waals surface area contributed by atoms with E-state index < -0.39 is 0 Å². The molecular formula is C16H25N3. The fourth-order valence-corrected chi connectivity index (χ4v) is 3.45. The van der Waals surface area contributed by atoms with Crippen molar-refractivity contribution in [2.45, 2.75) is 59.4 Å². The molecule has 1 fully saturated rings. The van der Waals surface area contributed by atoms with E-state index in [2.05, 4.69) is 24.5 Å². The predicted octanol–water partition coefficient (Wildman–Crippen LogP) is 3.78. The number of nitriles is 1. The number of anilines is 1. The smallest absolute Gasteiger partial charge is 0.122 e. The zero-order valence-corrected chi connectivity index (χ0v) is 12.4. The van der Waals surface area contributed by atoms with E-state index in [1.165, 1.54) is 32.1 Å². The summed E-state index contributed by atoms with van der Waals surface area (Å²) in [6, 6.07) is 2.22. The lowest BCUT2D eigenvalue weighted by atomic mass is 9.81. The topological polar surface area (TPSA) is 54.7 Å². The van der Waals surface area contributed by atoms with Crippen LogP contribution in [0, 0.1) is 37.0 Å². The van der Waals surface area contributed by atoms with Crippen molar-refractivity contribution in [1.82, 2.24) is 4.57 Å². The van der Waals surface area contributed by atoms with E-state index in [1.807, 2.05) is 6.92 Å². The van der Waals surface area contributed by atoms with Crippen LogP contribution in [0.2, 0.25) is 0 Å². The van der Waals surface area contributed by atoms with E-state index in [-0.39, 0.29) is 0 Å². The van der Waals surface area contributed by atoms with Crippen LogP contribution in [-0.2, 0) is 6.54 Å². The number of nitrogens with two attached hydrogens (primary N) is 1. The third-order valence-electron chi connectivity index (χ3n) is 4.79. The lowest BCUT2D eigenvalue weighted by molar-refractivity contribution is 0.261. The first-order valence-electron chi connectivity index (χ1n) is 7.39. The molecule has 2 atom stereocenters. The highest BCUT2D eigenvalue weighted by molar-refractivity contribution is 5.57. The van der Waals surface area contributed by atoms with Gasteiger partial charge < -0.3 is 10.3 Å². The highest BCUT2D eigenvalue weighted by Crippen LogP contribution is 2.32. The number of nitrogens with zero attached hydrogens (tertiary/aromatic N) is 2. The molecular weight excluding hydrogens is 234 g/mol. The average molecular weight is 259 g/mol. The van der Waals surface area contributed by atoms with Gasteiger partial charge in [0.05, 0.1) is 5.56 Å². The van der Waals surface area contributed by atoms with Crippen molar-refractivity contribution in [3.63, 3.8) is 0 Å². The van der Waals surface area contributed by atoms with E-state index >= 15 is 0 Å².